The Morgan fingerprint density at radius 1 is 1.03 bits per heavy atom. The second kappa shape index (κ2) is 12.0. The van der Waals surface area contributed by atoms with E-state index >= 15 is 0 Å². The van der Waals surface area contributed by atoms with Crippen molar-refractivity contribution in [2.75, 3.05) is 25.0 Å². The number of halogens is 2. The number of carbonyl (C=O) groups excluding carboxylic acids is 2. The van der Waals surface area contributed by atoms with Gasteiger partial charge in [0.25, 0.3) is 0 Å². The molecule has 0 bridgehead atoms. The first-order chi connectivity index (χ1) is 15.5. The lowest BCUT2D eigenvalue weighted by atomic mass is 10.0. The molecular weight excluding hydrogens is 418 g/mol. The molecule has 172 valence electrons. The van der Waals surface area contributed by atoms with E-state index in [0.29, 0.717) is 13.1 Å². The van der Waals surface area contributed by atoms with Crippen LogP contribution in [0.2, 0.25) is 0 Å². The molecular formula is C23H28F2N4O3. The number of nitrogens with one attached hydrogen (secondary N) is 3. The van der Waals surface area contributed by atoms with Crippen molar-refractivity contribution in [3.8, 4) is 5.75 Å². The molecule has 0 aliphatic carbocycles. The molecule has 1 fully saturated rings. The summed E-state index contributed by atoms with van der Waals surface area (Å²) in [6.45, 7) is -1.09. The Bertz CT molecular complexity index is 865. The minimum absolute atomic E-state index is 0.0787. The average Bonchev–Trinajstić information content (AvgIpc) is 2.78. The zero-order chi connectivity index (χ0) is 22.8. The van der Waals surface area contributed by atoms with Gasteiger partial charge < -0.3 is 20.7 Å². The predicted octanol–water partition coefficient (Wildman–Crippen LogP) is 3.58. The van der Waals surface area contributed by atoms with Gasteiger partial charge >= 0.3 is 12.6 Å². The third-order valence-electron chi connectivity index (χ3n) is 5.26. The van der Waals surface area contributed by atoms with Gasteiger partial charge in [0.15, 0.2) is 0 Å². The van der Waals surface area contributed by atoms with Gasteiger partial charge in [-0.3, -0.25) is 9.69 Å². The minimum Gasteiger partial charge on any atom is -0.435 e. The lowest BCUT2D eigenvalue weighted by Crippen LogP contribution is -2.50. The number of alkyl halides is 2. The summed E-state index contributed by atoms with van der Waals surface area (Å²) in [5, 5.41) is 8.54. The highest BCUT2D eigenvalue weighted by molar-refractivity contribution is 5.89. The number of carbonyl (C=O) groups is 2. The van der Waals surface area contributed by atoms with E-state index in [1.165, 1.54) is 12.1 Å². The Balaban J connectivity index is 1.42. The fourth-order valence-electron chi connectivity index (χ4n) is 3.64. The highest BCUT2D eigenvalue weighted by Gasteiger charge is 2.24. The second-order valence-electron chi connectivity index (χ2n) is 7.62. The van der Waals surface area contributed by atoms with Gasteiger partial charge in [-0.05, 0) is 49.2 Å². The Labute approximate surface area is 186 Å². The molecule has 0 radical (unpaired) electrons. The molecule has 0 aromatic heterocycles. The highest BCUT2D eigenvalue weighted by atomic mass is 19.3. The van der Waals surface area contributed by atoms with Gasteiger partial charge in [-0.25, -0.2) is 4.79 Å². The van der Waals surface area contributed by atoms with Crippen molar-refractivity contribution >= 4 is 17.6 Å². The van der Waals surface area contributed by atoms with E-state index in [1.807, 2.05) is 30.3 Å². The van der Waals surface area contributed by atoms with Crippen molar-refractivity contribution in [1.82, 2.24) is 15.5 Å². The highest BCUT2D eigenvalue weighted by Crippen LogP contribution is 2.17. The fourth-order valence-corrected chi connectivity index (χ4v) is 3.64. The molecule has 9 heteroatoms. The maximum absolute atomic E-state index is 12.4. The van der Waals surface area contributed by atoms with Crippen molar-refractivity contribution in [3.05, 3.63) is 60.2 Å². The number of rotatable bonds is 9. The van der Waals surface area contributed by atoms with Crippen LogP contribution in [0.15, 0.2) is 54.6 Å². The maximum atomic E-state index is 12.4. The molecule has 1 aliphatic heterocycles. The quantitative estimate of drug-likeness (QED) is 0.550. The normalized spacial score (nSPS) is 16.4. The molecule has 1 aliphatic rings. The number of piperidine rings is 1. The van der Waals surface area contributed by atoms with Crippen LogP contribution < -0.4 is 20.7 Å². The average molecular weight is 446 g/mol. The van der Waals surface area contributed by atoms with Crippen molar-refractivity contribution in [1.29, 1.82) is 0 Å². The molecule has 1 saturated heterocycles. The first kappa shape index (κ1) is 23.5. The largest absolute Gasteiger partial charge is 0.435 e. The molecule has 2 aromatic carbocycles. The third kappa shape index (κ3) is 7.81. The zero-order valence-electron chi connectivity index (χ0n) is 17.7. The first-order valence-corrected chi connectivity index (χ1v) is 10.6. The van der Waals surface area contributed by atoms with Crippen LogP contribution in [0, 0.1) is 0 Å². The standard InChI is InChI=1S/C23H28F2N4O3/c24-22(25)32-20-11-9-17(10-12-20)14-26-21(30)16-29-13-5-4-8-19(29)15-27-23(31)28-18-6-2-1-3-7-18/h1-3,6-7,9-12,19,22H,4-5,8,13-16H2,(H,26,30)(H2,27,28,31). The summed E-state index contributed by atoms with van der Waals surface area (Å²) in [4.78, 5) is 26.7. The summed E-state index contributed by atoms with van der Waals surface area (Å²) in [5.74, 6) is -0.0476. The monoisotopic (exact) mass is 446 g/mol. The van der Waals surface area contributed by atoms with Crippen LogP contribution >= 0.6 is 0 Å². The van der Waals surface area contributed by atoms with E-state index in [9.17, 15) is 18.4 Å². The summed E-state index contributed by atoms with van der Waals surface area (Å²) in [5.41, 5.74) is 1.51. The number of amides is 3. The summed E-state index contributed by atoms with van der Waals surface area (Å²) < 4.78 is 28.8. The SMILES string of the molecule is O=C(CN1CCCCC1CNC(=O)Nc1ccccc1)NCc1ccc(OC(F)F)cc1. The maximum Gasteiger partial charge on any atom is 0.387 e. The summed E-state index contributed by atoms with van der Waals surface area (Å²) in [7, 11) is 0. The number of hydrogen-bond donors (Lipinski definition) is 3. The van der Waals surface area contributed by atoms with Gasteiger partial charge in [-0.2, -0.15) is 8.78 Å². The summed E-state index contributed by atoms with van der Waals surface area (Å²) in [6, 6.07) is 15.2. The van der Waals surface area contributed by atoms with Crippen LogP contribution in [-0.4, -0.2) is 49.1 Å². The van der Waals surface area contributed by atoms with E-state index in [2.05, 4.69) is 25.6 Å². The Morgan fingerprint density at radius 3 is 2.50 bits per heavy atom. The van der Waals surface area contributed by atoms with Gasteiger partial charge in [0.05, 0.1) is 6.54 Å². The Morgan fingerprint density at radius 2 is 1.78 bits per heavy atom. The summed E-state index contributed by atoms with van der Waals surface area (Å²) in [6.07, 6.45) is 2.97. The number of hydrogen-bond acceptors (Lipinski definition) is 4. The van der Waals surface area contributed by atoms with E-state index in [-0.39, 0.29) is 30.3 Å². The van der Waals surface area contributed by atoms with Crippen molar-refractivity contribution in [2.24, 2.45) is 0 Å². The van der Waals surface area contributed by atoms with E-state index in [0.717, 1.165) is 37.1 Å². The first-order valence-electron chi connectivity index (χ1n) is 10.6. The molecule has 7 nitrogen and oxygen atoms in total. The fraction of sp³-hybridized carbons (Fsp3) is 0.391. The molecule has 3 amide bonds. The van der Waals surface area contributed by atoms with Crippen molar-refractivity contribution in [2.45, 2.75) is 38.5 Å². The Hall–Kier alpha value is -3.20. The van der Waals surface area contributed by atoms with Crippen molar-refractivity contribution in [3.63, 3.8) is 0 Å². The van der Waals surface area contributed by atoms with E-state index in [1.54, 1.807) is 12.1 Å². The summed E-state index contributed by atoms with van der Waals surface area (Å²) >= 11 is 0. The zero-order valence-corrected chi connectivity index (χ0v) is 17.7. The number of benzene rings is 2. The van der Waals surface area contributed by atoms with Crippen LogP contribution in [0.3, 0.4) is 0 Å². The molecule has 1 atom stereocenters. The lowest BCUT2D eigenvalue weighted by molar-refractivity contribution is -0.123. The van der Waals surface area contributed by atoms with Gasteiger partial charge in [0.1, 0.15) is 5.75 Å². The number of urea groups is 1. The van der Waals surface area contributed by atoms with Gasteiger partial charge in [0, 0.05) is 24.8 Å². The number of para-hydroxylation sites is 1. The Kier molecular flexibility index (Phi) is 8.79. The van der Waals surface area contributed by atoms with Crippen LogP contribution in [0.1, 0.15) is 24.8 Å². The van der Waals surface area contributed by atoms with Crippen LogP contribution in [0.5, 0.6) is 5.75 Å². The number of anilines is 1. The van der Waals surface area contributed by atoms with Gasteiger partial charge in [-0.15, -0.1) is 0 Å². The second-order valence-corrected chi connectivity index (χ2v) is 7.62. The van der Waals surface area contributed by atoms with Crippen molar-refractivity contribution < 1.29 is 23.1 Å². The molecule has 0 saturated carbocycles. The van der Waals surface area contributed by atoms with Crippen LogP contribution in [0.4, 0.5) is 19.3 Å². The predicted molar refractivity (Wildman–Crippen MR) is 118 cm³/mol. The lowest BCUT2D eigenvalue weighted by Gasteiger charge is -2.35. The van der Waals surface area contributed by atoms with Crippen LogP contribution in [0.25, 0.3) is 0 Å². The van der Waals surface area contributed by atoms with Gasteiger partial charge in [0.2, 0.25) is 5.91 Å². The number of ether oxygens (including phenoxy) is 1. The van der Waals surface area contributed by atoms with Gasteiger partial charge in [-0.1, -0.05) is 36.8 Å². The van der Waals surface area contributed by atoms with E-state index < -0.39 is 6.61 Å². The topological polar surface area (TPSA) is 82.7 Å². The minimum atomic E-state index is -2.86. The number of nitrogens with zero attached hydrogens (tertiary/aromatic N) is 1. The molecule has 3 N–H and O–H groups in total. The molecule has 32 heavy (non-hydrogen) atoms. The van der Waals surface area contributed by atoms with E-state index in [4.69, 9.17) is 0 Å². The molecule has 1 unspecified atom stereocenters. The smallest absolute Gasteiger partial charge is 0.387 e. The number of likely N-dealkylation sites (tertiary alicyclic amines) is 1. The molecule has 0 spiro atoms. The van der Waals surface area contributed by atoms with Crippen LogP contribution in [-0.2, 0) is 11.3 Å². The molecule has 3 rings (SSSR count). The molecule has 1 heterocycles. The third-order valence-corrected chi connectivity index (χ3v) is 5.26. The molecule has 2 aromatic rings.